The monoisotopic (exact) mass is 549 g/mol. The van der Waals surface area contributed by atoms with Crippen molar-refractivity contribution < 1.29 is 44.6 Å². The highest BCUT2D eigenvalue weighted by Gasteiger charge is 2.49. The highest BCUT2D eigenvalue weighted by Crippen LogP contribution is 2.43. The molecule has 0 spiro atoms. The Bertz CT molecular complexity index is 1620. The summed E-state index contributed by atoms with van der Waals surface area (Å²) < 4.78 is 123. The summed E-state index contributed by atoms with van der Waals surface area (Å²) in [4.78, 5) is 28.5. The lowest BCUT2D eigenvalue weighted by molar-refractivity contribution is -0.142. The molecule has 3 aromatic carbocycles. The Balaban J connectivity index is 1.84. The van der Waals surface area contributed by atoms with E-state index in [1.54, 1.807) is 18.2 Å². The van der Waals surface area contributed by atoms with Gasteiger partial charge in [-0.3, -0.25) is 4.79 Å². The molecule has 0 aromatic heterocycles. The highest BCUT2D eigenvalue weighted by molar-refractivity contribution is 5.89. The number of methoxy groups -OCH3 is 1. The van der Waals surface area contributed by atoms with Crippen LogP contribution >= 0.6 is 0 Å². The summed E-state index contributed by atoms with van der Waals surface area (Å²) in [6.07, 6.45) is -0.994. The van der Waals surface area contributed by atoms with Crippen LogP contribution in [0, 0.1) is 23.4 Å². The quantitative estimate of drug-likeness (QED) is 0.298. The van der Waals surface area contributed by atoms with Crippen LogP contribution in [0.4, 0.5) is 13.2 Å². The second kappa shape index (κ2) is 11.9. The van der Waals surface area contributed by atoms with Crippen molar-refractivity contribution in [3.8, 4) is 5.75 Å². The smallest absolute Gasteiger partial charge is 0.339 e. The van der Waals surface area contributed by atoms with E-state index >= 15 is 0 Å². The first-order chi connectivity index (χ1) is 22.2. The van der Waals surface area contributed by atoms with Crippen LogP contribution < -0.4 is 4.74 Å². The van der Waals surface area contributed by atoms with Gasteiger partial charge in [0.1, 0.15) is 17.2 Å². The minimum atomic E-state index is -3.20. The van der Waals surface area contributed by atoms with Gasteiger partial charge in [-0.1, -0.05) is 30.3 Å². The Hall–Kier alpha value is -3.85. The SMILES string of the molecule is [2H]C([2H])([2H])Oc1cccc([C@]2(OC(=O)c3ccccc3)CCN(C(=O)Cc3cc(F)c(F)cc3F)C[C@H]2CN(C([2H])([2H])[2H])C([2H])([2H])[2H])c1. The van der Waals surface area contributed by atoms with Gasteiger partial charge in [0, 0.05) is 51.8 Å². The van der Waals surface area contributed by atoms with Gasteiger partial charge in [-0.2, -0.15) is 0 Å². The third-order valence-electron chi connectivity index (χ3n) is 6.76. The van der Waals surface area contributed by atoms with Crippen LogP contribution in [0.3, 0.4) is 0 Å². The van der Waals surface area contributed by atoms with E-state index < -0.39 is 86.9 Å². The van der Waals surface area contributed by atoms with Gasteiger partial charge in [0.15, 0.2) is 11.6 Å². The van der Waals surface area contributed by atoms with Crippen LogP contribution in [0.5, 0.6) is 5.75 Å². The molecule has 0 saturated carbocycles. The molecule has 206 valence electrons. The van der Waals surface area contributed by atoms with Gasteiger partial charge < -0.3 is 19.3 Å². The molecule has 1 aliphatic rings. The van der Waals surface area contributed by atoms with E-state index in [-0.39, 0.29) is 34.7 Å². The molecule has 0 N–H and O–H groups in total. The summed E-state index contributed by atoms with van der Waals surface area (Å²) in [7, 11) is -2.88. The first kappa shape index (κ1) is 18.4. The number of esters is 1. The van der Waals surface area contributed by atoms with E-state index in [9.17, 15) is 22.8 Å². The molecule has 6 nitrogen and oxygen atoms in total. The first-order valence-electron chi connectivity index (χ1n) is 16.5. The van der Waals surface area contributed by atoms with Gasteiger partial charge >= 0.3 is 5.97 Å². The standard InChI is InChI=1S/C30H31F3N2O4/c1-34(2)18-23-19-35(28(36)15-21-14-26(32)27(33)17-25(21)31)13-12-30(23,22-10-7-11-24(16-22)38-3)39-29(37)20-8-5-4-6-9-20/h4-11,14,16-17,23H,12-13,15,18-19H2,1-3H3/t23-,30-/m1/s1/i1D3,2D3,3D3. The molecular formula is C30H31F3N2O4. The molecule has 9 heteroatoms. The third kappa shape index (κ3) is 6.25. The van der Waals surface area contributed by atoms with Crippen molar-refractivity contribution in [1.82, 2.24) is 9.80 Å². The molecule has 3 aromatic rings. The molecule has 1 saturated heterocycles. The number of piperidine rings is 1. The second-order valence-corrected chi connectivity index (χ2v) is 9.21. The molecule has 39 heavy (non-hydrogen) atoms. The van der Waals surface area contributed by atoms with E-state index in [0.717, 1.165) is 4.90 Å². The molecule has 0 bridgehead atoms. The van der Waals surface area contributed by atoms with E-state index in [4.69, 9.17) is 21.8 Å². The number of carbonyl (C=O) groups is 2. The lowest BCUT2D eigenvalue weighted by Gasteiger charge is -2.48. The van der Waals surface area contributed by atoms with Crippen LogP contribution in [0.2, 0.25) is 0 Å². The second-order valence-electron chi connectivity index (χ2n) is 9.21. The fourth-order valence-corrected chi connectivity index (χ4v) is 4.83. The van der Waals surface area contributed by atoms with Crippen molar-refractivity contribution in [3.05, 3.63) is 101 Å². The van der Waals surface area contributed by atoms with E-state index in [0.29, 0.717) is 12.1 Å². The van der Waals surface area contributed by atoms with Crippen molar-refractivity contribution in [2.45, 2.75) is 18.4 Å². The fraction of sp³-hybridized carbons (Fsp3) is 0.333. The predicted octanol–water partition coefficient (Wildman–Crippen LogP) is 4.82. The molecule has 0 aliphatic carbocycles. The normalized spacial score (nSPS) is 23.5. The molecule has 2 atom stereocenters. The molecule has 0 unspecified atom stereocenters. The van der Waals surface area contributed by atoms with Crippen LogP contribution in [-0.2, 0) is 21.6 Å². The number of rotatable bonds is 8. The Morgan fingerprint density at radius 1 is 1.03 bits per heavy atom. The average Bonchev–Trinajstić information content (AvgIpc) is 2.97. The van der Waals surface area contributed by atoms with Gasteiger partial charge in [0.05, 0.1) is 23.1 Å². The molecular weight excluding hydrogens is 509 g/mol. The lowest BCUT2D eigenvalue weighted by atomic mass is 9.75. The number of nitrogens with zero attached hydrogens (tertiary/aromatic N) is 2. The number of halogens is 3. The van der Waals surface area contributed by atoms with Crippen molar-refractivity contribution in [1.29, 1.82) is 0 Å². The molecule has 4 rings (SSSR count). The van der Waals surface area contributed by atoms with Gasteiger partial charge in [-0.05, 0) is 49.8 Å². The number of hydrogen-bond acceptors (Lipinski definition) is 5. The van der Waals surface area contributed by atoms with E-state index in [1.807, 2.05) is 0 Å². The number of likely N-dealkylation sites (tertiary alicyclic amines) is 1. The maximum absolute atomic E-state index is 14.5. The van der Waals surface area contributed by atoms with Gasteiger partial charge in [0.2, 0.25) is 5.91 Å². The fourth-order valence-electron chi connectivity index (χ4n) is 4.83. The number of amides is 1. The minimum Gasteiger partial charge on any atom is -0.497 e. The zero-order valence-corrected chi connectivity index (χ0v) is 20.6. The maximum atomic E-state index is 14.5. The predicted molar refractivity (Wildman–Crippen MR) is 140 cm³/mol. The largest absolute Gasteiger partial charge is 0.497 e. The molecule has 1 aliphatic heterocycles. The zero-order chi connectivity index (χ0) is 35.7. The molecule has 1 fully saturated rings. The molecule has 1 amide bonds. The molecule has 0 radical (unpaired) electrons. The molecule has 1 heterocycles. The lowest BCUT2D eigenvalue weighted by Crippen LogP contribution is -2.56. The van der Waals surface area contributed by atoms with Crippen molar-refractivity contribution in [3.63, 3.8) is 0 Å². The number of carbonyl (C=O) groups excluding carboxylic acids is 2. The van der Waals surface area contributed by atoms with Crippen molar-refractivity contribution >= 4 is 11.9 Å². The van der Waals surface area contributed by atoms with E-state index in [1.165, 1.54) is 36.4 Å². The van der Waals surface area contributed by atoms with E-state index in [2.05, 4.69) is 0 Å². The summed E-state index contributed by atoms with van der Waals surface area (Å²) in [6, 6.07) is 14.0. The summed E-state index contributed by atoms with van der Waals surface area (Å²) in [5, 5.41) is 0. The summed E-state index contributed by atoms with van der Waals surface area (Å²) in [5.41, 5.74) is -2.13. The third-order valence-corrected chi connectivity index (χ3v) is 6.76. The van der Waals surface area contributed by atoms with Gasteiger partial charge in [0.25, 0.3) is 0 Å². The number of benzene rings is 3. The highest BCUT2D eigenvalue weighted by atomic mass is 19.2. The number of ether oxygens (including phenoxy) is 2. The number of hydrogen-bond donors (Lipinski definition) is 0. The van der Waals surface area contributed by atoms with Gasteiger partial charge in [-0.15, -0.1) is 0 Å². The topological polar surface area (TPSA) is 59.1 Å². The van der Waals surface area contributed by atoms with Crippen LogP contribution in [-0.4, -0.2) is 62.3 Å². The Morgan fingerprint density at radius 2 is 1.79 bits per heavy atom. The van der Waals surface area contributed by atoms with Crippen molar-refractivity contribution in [2.75, 3.05) is 40.6 Å². The minimum absolute atomic E-state index is 0.0846. The summed E-state index contributed by atoms with van der Waals surface area (Å²) in [6.45, 7) is -7.86. The zero-order valence-electron chi connectivity index (χ0n) is 29.6. The van der Waals surface area contributed by atoms with Gasteiger partial charge in [-0.25, -0.2) is 18.0 Å². The van der Waals surface area contributed by atoms with Crippen molar-refractivity contribution in [2.24, 2.45) is 5.92 Å². The summed E-state index contributed by atoms with van der Waals surface area (Å²) in [5.74, 6) is -7.18. The Labute approximate surface area is 238 Å². The van der Waals surface area contributed by atoms with Crippen LogP contribution in [0.1, 0.15) is 40.2 Å². The average molecular weight is 550 g/mol. The summed E-state index contributed by atoms with van der Waals surface area (Å²) >= 11 is 0. The Kier molecular flexibility index (Phi) is 5.63. The van der Waals surface area contributed by atoms with Crippen LogP contribution in [0.15, 0.2) is 66.7 Å². The maximum Gasteiger partial charge on any atom is 0.339 e. The Morgan fingerprint density at radius 3 is 2.54 bits per heavy atom. The van der Waals surface area contributed by atoms with Crippen LogP contribution in [0.25, 0.3) is 0 Å². The first-order valence-corrected chi connectivity index (χ1v) is 12.0.